The number of nitrogens with one attached hydrogen (secondary N) is 2. The van der Waals surface area contributed by atoms with Crippen molar-refractivity contribution < 1.29 is 14.4 Å². The van der Waals surface area contributed by atoms with Crippen molar-refractivity contribution in [3.05, 3.63) is 54.1 Å². The molecular formula is C19H17N3O3S. The van der Waals surface area contributed by atoms with E-state index in [4.69, 9.17) is 0 Å². The first-order chi connectivity index (χ1) is 12.5. The van der Waals surface area contributed by atoms with Crippen LogP contribution < -0.4 is 15.5 Å². The summed E-state index contributed by atoms with van der Waals surface area (Å²) in [5, 5.41) is 5.64. The number of thioether (sulfide) groups is 1. The third kappa shape index (κ3) is 2.47. The van der Waals surface area contributed by atoms with Crippen molar-refractivity contribution in [2.45, 2.75) is 23.4 Å². The molecule has 1 fully saturated rings. The van der Waals surface area contributed by atoms with Gasteiger partial charge in [-0.2, -0.15) is 0 Å². The number of anilines is 2. The lowest BCUT2D eigenvalue weighted by molar-refractivity contribution is -0.124. The zero-order valence-corrected chi connectivity index (χ0v) is 14.9. The van der Waals surface area contributed by atoms with Crippen LogP contribution in [0.15, 0.2) is 53.4 Å². The predicted octanol–water partition coefficient (Wildman–Crippen LogP) is 2.61. The van der Waals surface area contributed by atoms with Gasteiger partial charge in [0.15, 0.2) is 0 Å². The lowest BCUT2D eigenvalue weighted by Gasteiger charge is -2.41. The fourth-order valence-corrected chi connectivity index (χ4v) is 3.97. The lowest BCUT2D eigenvalue weighted by Crippen LogP contribution is -2.68. The number of carbonyl (C=O) groups excluding carboxylic acids is 3. The second-order valence-electron chi connectivity index (χ2n) is 6.25. The molecule has 2 aromatic carbocycles. The summed E-state index contributed by atoms with van der Waals surface area (Å²) in [7, 11) is 0. The molecule has 0 saturated carbocycles. The highest BCUT2D eigenvalue weighted by Crippen LogP contribution is 2.39. The van der Waals surface area contributed by atoms with E-state index in [1.54, 1.807) is 42.1 Å². The van der Waals surface area contributed by atoms with E-state index in [-0.39, 0.29) is 24.7 Å². The van der Waals surface area contributed by atoms with Crippen LogP contribution in [0.3, 0.4) is 0 Å². The van der Waals surface area contributed by atoms with Crippen molar-refractivity contribution in [3.8, 4) is 0 Å². The van der Waals surface area contributed by atoms with Crippen LogP contribution in [0.5, 0.6) is 0 Å². The summed E-state index contributed by atoms with van der Waals surface area (Å²) >= 11 is 1.57. The average molecular weight is 367 g/mol. The smallest absolute Gasteiger partial charge is 0.271 e. The number of fused-ring (bicyclic) bond motifs is 3. The molecule has 132 valence electrons. The predicted molar refractivity (Wildman–Crippen MR) is 100 cm³/mol. The van der Waals surface area contributed by atoms with Gasteiger partial charge in [-0.25, -0.2) is 0 Å². The van der Waals surface area contributed by atoms with Crippen molar-refractivity contribution in [3.63, 3.8) is 0 Å². The summed E-state index contributed by atoms with van der Waals surface area (Å²) in [6, 6.07) is 14.3. The minimum absolute atomic E-state index is 0.175. The third-order valence-electron chi connectivity index (χ3n) is 4.74. The molecule has 7 heteroatoms. The molecule has 2 aliphatic rings. The normalized spacial score (nSPS) is 21.0. The van der Waals surface area contributed by atoms with Gasteiger partial charge in [-0.3, -0.25) is 19.3 Å². The number of amides is 3. The van der Waals surface area contributed by atoms with Gasteiger partial charge in [0.1, 0.15) is 0 Å². The molecule has 4 rings (SSSR count). The summed E-state index contributed by atoms with van der Waals surface area (Å²) in [5.74, 6) is -0.936. The number of benzene rings is 2. The molecule has 2 heterocycles. The van der Waals surface area contributed by atoms with Gasteiger partial charge in [-0.1, -0.05) is 18.2 Å². The molecular weight excluding hydrogens is 350 g/mol. The van der Waals surface area contributed by atoms with Crippen LogP contribution in [0.1, 0.15) is 23.2 Å². The Morgan fingerprint density at radius 2 is 2.00 bits per heavy atom. The number of carbonyl (C=O) groups is 3. The molecule has 6 nitrogen and oxygen atoms in total. The Hall–Kier alpha value is -2.80. The highest BCUT2D eigenvalue weighted by molar-refractivity contribution is 7.98. The monoisotopic (exact) mass is 367 g/mol. The van der Waals surface area contributed by atoms with Gasteiger partial charge in [0.05, 0.1) is 11.3 Å². The van der Waals surface area contributed by atoms with Gasteiger partial charge >= 0.3 is 0 Å². The van der Waals surface area contributed by atoms with Crippen LogP contribution in [-0.4, -0.2) is 29.6 Å². The summed E-state index contributed by atoms with van der Waals surface area (Å²) in [6.45, 7) is 0. The van der Waals surface area contributed by atoms with E-state index >= 15 is 0 Å². The van der Waals surface area contributed by atoms with Gasteiger partial charge in [-0.05, 0) is 36.6 Å². The molecule has 2 N–H and O–H groups in total. The summed E-state index contributed by atoms with van der Waals surface area (Å²) in [6.07, 6.45) is 2.39. The number of rotatable bonds is 3. The largest absolute Gasteiger partial charge is 0.322 e. The molecule has 0 unspecified atom stereocenters. The fraction of sp³-hybridized carbons (Fsp3) is 0.211. The van der Waals surface area contributed by atoms with Crippen LogP contribution in [0.4, 0.5) is 11.4 Å². The van der Waals surface area contributed by atoms with E-state index < -0.39 is 11.6 Å². The van der Waals surface area contributed by atoms with Crippen molar-refractivity contribution in [2.75, 3.05) is 16.5 Å². The number of hydrogen-bond donors (Lipinski definition) is 2. The fourth-order valence-electron chi connectivity index (χ4n) is 3.51. The Morgan fingerprint density at radius 1 is 1.19 bits per heavy atom. The second kappa shape index (κ2) is 6.17. The molecule has 26 heavy (non-hydrogen) atoms. The molecule has 0 radical (unpaired) electrons. The first kappa shape index (κ1) is 16.7. The van der Waals surface area contributed by atoms with Crippen LogP contribution in [0.2, 0.25) is 0 Å². The average Bonchev–Trinajstić information content (AvgIpc) is 3.00. The molecule has 2 aromatic rings. The molecule has 1 atom stereocenters. The quantitative estimate of drug-likeness (QED) is 0.818. The van der Waals surface area contributed by atoms with E-state index in [0.717, 1.165) is 4.90 Å². The van der Waals surface area contributed by atoms with E-state index in [1.807, 2.05) is 24.5 Å². The Morgan fingerprint density at radius 3 is 2.81 bits per heavy atom. The highest BCUT2D eigenvalue weighted by Gasteiger charge is 2.56. The molecule has 0 aromatic heterocycles. The Bertz CT molecular complexity index is 930. The minimum Gasteiger partial charge on any atom is -0.322 e. The van der Waals surface area contributed by atoms with Gasteiger partial charge in [0.25, 0.3) is 11.8 Å². The van der Waals surface area contributed by atoms with Gasteiger partial charge in [-0.15, -0.1) is 11.8 Å². The molecule has 0 spiro atoms. The number of hydrogen-bond acceptors (Lipinski definition) is 4. The standard InChI is InChI=1S/C19H17N3O3S/c1-26-13-6-4-5-12(11-13)20-18(25)19-10-9-16(23)22(19)15-8-3-2-7-14(15)17(24)21-19/h2-8,11H,9-10H2,1H3,(H,20,25)(H,21,24)/t19-/m1/s1. The highest BCUT2D eigenvalue weighted by atomic mass is 32.2. The summed E-state index contributed by atoms with van der Waals surface area (Å²) < 4.78 is 0. The van der Waals surface area contributed by atoms with Crippen molar-refractivity contribution >= 4 is 40.9 Å². The molecule has 3 amide bonds. The minimum atomic E-state index is -1.39. The first-order valence-electron chi connectivity index (χ1n) is 8.25. The topological polar surface area (TPSA) is 78.5 Å². The molecule has 0 bridgehead atoms. The maximum absolute atomic E-state index is 13.1. The SMILES string of the molecule is CSc1cccc(NC(=O)[C@@]23CCC(=O)N2c2ccccc2C(=O)N3)c1. The van der Waals surface area contributed by atoms with Gasteiger partial charge in [0.2, 0.25) is 11.6 Å². The molecule has 0 aliphatic carbocycles. The van der Waals surface area contributed by atoms with Crippen LogP contribution in [0.25, 0.3) is 0 Å². The van der Waals surface area contributed by atoms with Crippen molar-refractivity contribution in [2.24, 2.45) is 0 Å². The van der Waals surface area contributed by atoms with Gasteiger partial charge in [0, 0.05) is 23.4 Å². The summed E-state index contributed by atoms with van der Waals surface area (Å²) in [5.41, 5.74) is 0.115. The van der Waals surface area contributed by atoms with Gasteiger partial charge < -0.3 is 10.6 Å². The molecule has 1 saturated heterocycles. The van der Waals surface area contributed by atoms with Crippen molar-refractivity contribution in [1.29, 1.82) is 0 Å². The zero-order valence-electron chi connectivity index (χ0n) is 14.1. The maximum Gasteiger partial charge on any atom is 0.271 e. The van der Waals surface area contributed by atoms with Crippen molar-refractivity contribution in [1.82, 2.24) is 5.32 Å². The first-order valence-corrected chi connectivity index (χ1v) is 9.48. The Kier molecular flexibility index (Phi) is 3.96. The Labute approximate surface area is 154 Å². The molecule has 2 aliphatic heterocycles. The van der Waals surface area contributed by atoms with Crippen LogP contribution >= 0.6 is 11.8 Å². The Balaban J connectivity index is 1.73. The maximum atomic E-state index is 13.1. The second-order valence-corrected chi connectivity index (χ2v) is 7.13. The van der Waals surface area contributed by atoms with E-state index in [2.05, 4.69) is 10.6 Å². The van der Waals surface area contributed by atoms with E-state index in [0.29, 0.717) is 16.9 Å². The summed E-state index contributed by atoms with van der Waals surface area (Å²) in [4.78, 5) is 40.7. The number of para-hydroxylation sites is 1. The number of nitrogens with zero attached hydrogens (tertiary/aromatic N) is 1. The van der Waals surface area contributed by atoms with E-state index in [9.17, 15) is 14.4 Å². The van der Waals surface area contributed by atoms with E-state index in [1.165, 1.54) is 4.90 Å². The lowest BCUT2D eigenvalue weighted by atomic mass is 9.98. The third-order valence-corrected chi connectivity index (χ3v) is 5.47. The van der Waals surface area contributed by atoms with Crippen LogP contribution in [0, 0.1) is 0 Å². The zero-order chi connectivity index (χ0) is 18.3. The van der Waals surface area contributed by atoms with Crippen LogP contribution in [-0.2, 0) is 9.59 Å².